The van der Waals surface area contributed by atoms with E-state index in [0.717, 1.165) is 6.42 Å². The number of carbonyl (C=O) groups is 1. The molecule has 0 aromatic rings. The Bertz CT molecular complexity index is 259. The van der Waals surface area contributed by atoms with Gasteiger partial charge in [0.15, 0.2) is 0 Å². The molecule has 1 saturated heterocycles. The molecule has 0 aromatic carbocycles. The minimum atomic E-state index is -0.724. The predicted octanol–water partition coefficient (Wildman–Crippen LogP) is 1.84. The van der Waals surface area contributed by atoms with Crippen LogP contribution in [0, 0.1) is 11.3 Å². The number of carboxylic acid groups (broad SMARTS) is 1. The fourth-order valence-corrected chi connectivity index (χ4v) is 2.46. The number of ether oxygens (including phenoxy) is 1. The van der Waals surface area contributed by atoms with E-state index in [-0.39, 0.29) is 0 Å². The van der Waals surface area contributed by atoms with E-state index in [4.69, 9.17) is 4.74 Å². The van der Waals surface area contributed by atoms with E-state index in [1.807, 2.05) is 7.05 Å². The largest absolute Gasteiger partial charge is 0.481 e. The summed E-state index contributed by atoms with van der Waals surface area (Å²) in [7, 11) is 2.01. The third-order valence-corrected chi connectivity index (χ3v) is 3.67. The predicted molar refractivity (Wildman–Crippen MR) is 67.1 cm³/mol. The summed E-state index contributed by atoms with van der Waals surface area (Å²) < 4.78 is 5.28. The molecule has 4 heteroatoms. The minimum absolute atomic E-state index is 0.348. The first-order valence-electron chi connectivity index (χ1n) is 6.39. The fourth-order valence-electron chi connectivity index (χ4n) is 2.46. The maximum Gasteiger partial charge on any atom is 0.313 e. The van der Waals surface area contributed by atoms with Crippen LogP contribution < -0.4 is 0 Å². The van der Waals surface area contributed by atoms with Crippen molar-refractivity contribution in [2.75, 3.05) is 26.8 Å². The molecule has 1 fully saturated rings. The molecular weight excluding hydrogens is 218 g/mol. The molecule has 0 aromatic heterocycles. The van der Waals surface area contributed by atoms with Crippen LogP contribution in [0.15, 0.2) is 0 Å². The molecule has 1 rings (SSSR count). The molecule has 0 saturated carbocycles. The molecule has 1 aliphatic rings. The van der Waals surface area contributed by atoms with E-state index in [1.54, 1.807) is 0 Å². The van der Waals surface area contributed by atoms with Gasteiger partial charge in [-0.3, -0.25) is 4.79 Å². The zero-order valence-corrected chi connectivity index (χ0v) is 11.4. The first kappa shape index (κ1) is 14.5. The Morgan fingerprint density at radius 1 is 1.47 bits per heavy atom. The van der Waals surface area contributed by atoms with Crippen LogP contribution >= 0.6 is 0 Å². The Hall–Kier alpha value is -0.610. The molecule has 4 nitrogen and oxygen atoms in total. The van der Waals surface area contributed by atoms with Crippen LogP contribution in [-0.2, 0) is 9.53 Å². The number of hydrogen-bond acceptors (Lipinski definition) is 3. The number of carboxylic acids is 1. The highest BCUT2D eigenvalue weighted by Crippen LogP contribution is 2.30. The van der Waals surface area contributed by atoms with Crippen LogP contribution in [0.4, 0.5) is 0 Å². The number of aliphatic carboxylic acids is 1. The molecule has 1 aliphatic heterocycles. The maximum atomic E-state index is 11.4. The summed E-state index contributed by atoms with van der Waals surface area (Å²) in [4.78, 5) is 13.6. The van der Waals surface area contributed by atoms with E-state index in [2.05, 4.69) is 25.7 Å². The standard InChI is InChI=1S/C13H25NO3/c1-10(2)7-11(3)14(4)8-13(12(15)16)5-6-17-9-13/h10-11H,5-9H2,1-4H3,(H,15,16). The molecule has 100 valence electrons. The average Bonchev–Trinajstić information content (AvgIpc) is 2.66. The van der Waals surface area contributed by atoms with E-state index in [0.29, 0.717) is 38.1 Å². The van der Waals surface area contributed by atoms with Gasteiger partial charge in [-0.2, -0.15) is 0 Å². The first-order valence-corrected chi connectivity index (χ1v) is 6.39. The van der Waals surface area contributed by atoms with Gasteiger partial charge in [0.05, 0.1) is 6.61 Å². The Balaban J connectivity index is 2.58. The van der Waals surface area contributed by atoms with Gasteiger partial charge in [0.1, 0.15) is 5.41 Å². The quantitative estimate of drug-likeness (QED) is 0.773. The van der Waals surface area contributed by atoms with Crippen molar-refractivity contribution in [1.82, 2.24) is 4.90 Å². The lowest BCUT2D eigenvalue weighted by Gasteiger charge is -2.33. The Morgan fingerprint density at radius 2 is 2.12 bits per heavy atom. The highest BCUT2D eigenvalue weighted by atomic mass is 16.5. The number of nitrogens with zero attached hydrogens (tertiary/aromatic N) is 1. The van der Waals surface area contributed by atoms with Gasteiger partial charge in [0.25, 0.3) is 0 Å². The highest BCUT2D eigenvalue weighted by molar-refractivity contribution is 5.75. The van der Waals surface area contributed by atoms with Crippen LogP contribution in [-0.4, -0.2) is 48.8 Å². The van der Waals surface area contributed by atoms with Gasteiger partial charge in [-0.15, -0.1) is 0 Å². The van der Waals surface area contributed by atoms with Crippen LogP contribution in [0.5, 0.6) is 0 Å². The molecule has 0 amide bonds. The van der Waals surface area contributed by atoms with E-state index in [1.165, 1.54) is 0 Å². The van der Waals surface area contributed by atoms with Crippen molar-refractivity contribution in [3.05, 3.63) is 0 Å². The van der Waals surface area contributed by atoms with Crippen molar-refractivity contribution < 1.29 is 14.6 Å². The Kier molecular flexibility index (Phi) is 4.95. The molecule has 0 aliphatic carbocycles. The smallest absolute Gasteiger partial charge is 0.313 e. The summed E-state index contributed by atoms with van der Waals surface area (Å²) in [6.45, 7) is 8.04. The van der Waals surface area contributed by atoms with Gasteiger partial charge in [-0.1, -0.05) is 13.8 Å². The zero-order valence-electron chi connectivity index (χ0n) is 11.4. The van der Waals surface area contributed by atoms with Crippen molar-refractivity contribution in [2.24, 2.45) is 11.3 Å². The van der Waals surface area contributed by atoms with E-state index >= 15 is 0 Å². The molecule has 2 unspecified atom stereocenters. The van der Waals surface area contributed by atoms with Crippen LogP contribution in [0.25, 0.3) is 0 Å². The van der Waals surface area contributed by atoms with Crippen molar-refractivity contribution >= 4 is 5.97 Å². The molecule has 17 heavy (non-hydrogen) atoms. The molecule has 1 N–H and O–H groups in total. The zero-order chi connectivity index (χ0) is 13.1. The maximum absolute atomic E-state index is 11.4. The first-order chi connectivity index (χ1) is 7.87. The Morgan fingerprint density at radius 3 is 2.53 bits per heavy atom. The SMILES string of the molecule is CC(C)CC(C)N(C)CC1(C(=O)O)CCOC1. The van der Waals surface area contributed by atoms with Gasteiger partial charge < -0.3 is 14.7 Å². The summed E-state index contributed by atoms with van der Waals surface area (Å²) in [6.07, 6.45) is 1.72. The third kappa shape index (κ3) is 3.68. The van der Waals surface area contributed by atoms with Gasteiger partial charge in [0, 0.05) is 19.2 Å². The summed E-state index contributed by atoms with van der Waals surface area (Å²) in [5, 5.41) is 9.37. The molecule has 1 heterocycles. The fraction of sp³-hybridized carbons (Fsp3) is 0.923. The number of hydrogen-bond donors (Lipinski definition) is 1. The van der Waals surface area contributed by atoms with Gasteiger partial charge in [-0.05, 0) is 32.7 Å². The average molecular weight is 243 g/mol. The number of rotatable bonds is 6. The van der Waals surface area contributed by atoms with Crippen molar-refractivity contribution in [3.63, 3.8) is 0 Å². The minimum Gasteiger partial charge on any atom is -0.481 e. The molecule has 0 radical (unpaired) electrons. The van der Waals surface area contributed by atoms with Gasteiger partial charge in [0.2, 0.25) is 0 Å². The molecular formula is C13H25NO3. The summed E-state index contributed by atoms with van der Waals surface area (Å²) in [5.41, 5.74) is -0.694. The molecule has 0 bridgehead atoms. The summed E-state index contributed by atoms with van der Waals surface area (Å²) >= 11 is 0. The second-order valence-corrected chi connectivity index (χ2v) is 5.78. The van der Waals surface area contributed by atoms with Gasteiger partial charge >= 0.3 is 5.97 Å². The summed E-state index contributed by atoms with van der Waals surface area (Å²) in [5.74, 6) is -0.0911. The topological polar surface area (TPSA) is 49.8 Å². The molecule has 2 atom stereocenters. The Labute approximate surface area is 104 Å². The van der Waals surface area contributed by atoms with Crippen molar-refractivity contribution in [2.45, 2.75) is 39.7 Å². The highest BCUT2D eigenvalue weighted by Gasteiger charge is 2.43. The normalized spacial score (nSPS) is 26.7. The van der Waals surface area contributed by atoms with E-state index < -0.39 is 11.4 Å². The van der Waals surface area contributed by atoms with Crippen LogP contribution in [0.1, 0.15) is 33.6 Å². The third-order valence-electron chi connectivity index (χ3n) is 3.67. The monoisotopic (exact) mass is 243 g/mol. The van der Waals surface area contributed by atoms with Crippen LogP contribution in [0.3, 0.4) is 0 Å². The lowest BCUT2D eigenvalue weighted by atomic mass is 9.86. The van der Waals surface area contributed by atoms with Crippen molar-refractivity contribution in [3.8, 4) is 0 Å². The lowest BCUT2D eigenvalue weighted by Crippen LogP contribution is -2.45. The lowest BCUT2D eigenvalue weighted by molar-refractivity contribution is -0.150. The second kappa shape index (κ2) is 5.83. The summed E-state index contributed by atoms with van der Waals surface area (Å²) in [6, 6.07) is 0.409. The van der Waals surface area contributed by atoms with Gasteiger partial charge in [-0.25, -0.2) is 0 Å². The van der Waals surface area contributed by atoms with Crippen LogP contribution in [0.2, 0.25) is 0 Å². The second-order valence-electron chi connectivity index (χ2n) is 5.78. The molecule has 0 spiro atoms. The van der Waals surface area contributed by atoms with Crippen molar-refractivity contribution in [1.29, 1.82) is 0 Å². The van der Waals surface area contributed by atoms with E-state index in [9.17, 15) is 9.90 Å².